The summed E-state index contributed by atoms with van der Waals surface area (Å²) in [4.78, 5) is 30.8. The normalized spacial score (nSPS) is 15.5. The van der Waals surface area contributed by atoms with Gasteiger partial charge in [0.25, 0.3) is 5.91 Å². The lowest BCUT2D eigenvalue weighted by Crippen LogP contribution is -2.33. The lowest BCUT2D eigenvalue weighted by atomic mass is 9.97. The molecule has 156 valence electrons. The van der Waals surface area contributed by atoms with Crippen LogP contribution in [-0.2, 0) is 11.3 Å². The molecule has 2 N–H and O–H groups in total. The molecule has 0 saturated carbocycles. The minimum Gasteiger partial charge on any atom is -0.465 e. The summed E-state index contributed by atoms with van der Waals surface area (Å²) in [5.74, 6) is 1.37. The van der Waals surface area contributed by atoms with E-state index >= 15 is 0 Å². The van der Waals surface area contributed by atoms with Crippen LogP contribution in [0.4, 0.5) is 0 Å². The molecule has 6 heteroatoms. The Hall–Kier alpha value is -3.80. The largest absolute Gasteiger partial charge is 0.465 e. The first kappa shape index (κ1) is 19.2. The molecule has 6 nitrogen and oxygen atoms in total. The van der Waals surface area contributed by atoms with E-state index in [0.29, 0.717) is 24.4 Å². The number of rotatable bonds is 6. The van der Waals surface area contributed by atoms with Crippen molar-refractivity contribution in [2.24, 2.45) is 0 Å². The molecule has 31 heavy (non-hydrogen) atoms. The number of H-pyrrole nitrogens is 1. The van der Waals surface area contributed by atoms with Crippen LogP contribution in [0.15, 0.2) is 71.3 Å². The van der Waals surface area contributed by atoms with Gasteiger partial charge < -0.3 is 19.6 Å². The smallest absolute Gasteiger partial charge is 0.255 e. The number of amides is 2. The molecule has 0 spiro atoms. The second-order valence-corrected chi connectivity index (χ2v) is 7.82. The Morgan fingerprint density at radius 2 is 1.87 bits per heavy atom. The van der Waals surface area contributed by atoms with Crippen LogP contribution in [0.1, 0.15) is 45.5 Å². The Bertz CT molecular complexity index is 1270. The van der Waals surface area contributed by atoms with Crippen molar-refractivity contribution in [1.82, 2.24) is 15.2 Å². The first-order chi connectivity index (χ1) is 15.1. The number of nitrogens with zero attached hydrogens (tertiary/aromatic N) is 1. The van der Waals surface area contributed by atoms with Gasteiger partial charge in [-0.05, 0) is 36.8 Å². The Balaban J connectivity index is 1.37. The third-order valence-electron chi connectivity index (χ3n) is 5.81. The highest BCUT2D eigenvalue weighted by Crippen LogP contribution is 2.41. The molecule has 0 radical (unpaired) electrons. The third-order valence-corrected chi connectivity index (χ3v) is 5.81. The predicted octanol–water partition coefficient (Wildman–Crippen LogP) is 4.32. The van der Waals surface area contributed by atoms with Crippen LogP contribution in [0.2, 0.25) is 0 Å². The van der Waals surface area contributed by atoms with E-state index in [1.54, 1.807) is 4.90 Å². The number of aromatic amines is 1. The maximum absolute atomic E-state index is 13.2. The number of fused-ring (bicyclic) bond motifs is 2. The zero-order chi connectivity index (χ0) is 21.4. The number of carbonyl (C=O) groups is 2. The van der Waals surface area contributed by atoms with Crippen LogP contribution < -0.4 is 5.32 Å². The van der Waals surface area contributed by atoms with Crippen molar-refractivity contribution in [3.05, 3.63) is 95.1 Å². The second-order valence-electron chi connectivity index (χ2n) is 7.82. The molecular formula is C25H23N3O3. The SMILES string of the molecule is Cc1ccc(CNC(=O)CCN2C(=O)c3ccccc3C2c2c[nH]c3ccccc23)o1. The summed E-state index contributed by atoms with van der Waals surface area (Å²) in [6.07, 6.45) is 2.19. The molecule has 1 aliphatic rings. The highest BCUT2D eigenvalue weighted by molar-refractivity contribution is 6.01. The zero-order valence-corrected chi connectivity index (χ0v) is 17.2. The van der Waals surface area contributed by atoms with Gasteiger partial charge in [0.2, 0.25) is 5.91 Å². The van der Waals surface area contributed by atoms with E-state index in [9.17, 15) is 9.59 Å². The predicted molar refractivity (Wildman–Crippen MR) is 118 cm³/mol. The van der Waals surface area contributed by atoms with Gasteiger partial charge in [0.05, 0.1) is 12.6 Å². The molecule has 2 aromatic heterocycles. The van der Waals surface area contributed by atoms with Crippen LogP contribution in [-0.4, -0.2) is 28.2 Å². The summed E-state index contributed by atoms with van der Waals surface area (Å²) in [6.45, 7) is 2.54. The fourth-order valence-corrected chi connectivity index (χ4v) is 4.33. The van der Waals surface area contributed by atoms with Gasteiger partial charge in [-0.1, -0.05) is 36.4 Å². The van der Waals surface area contributed by atoms with Crippen LogP contribution in [0, 0.1) is 6.92 Å². The van der Waals surface area contributed by atoms with Gasteiger partial charge in [0.15, 0.2) is 0 Å². The first-order valence-corrected chi connectivity index (χ1v) is 10.4. The van der Waals surface area contributed by atoms with Gasteiger partial charge in [0, 0.05) is 41.2 Å². The highest BCUT2D eigenvalue weighted by Gasteiger charge is 2.38. The van der Waals surface area contributed by atoms with Crippen LogP contribution >= 0.6 is 0 Å². The first-order valence-electron chi connectivity index (χ1n) is 10.4. The highest BCUT2D eigenvalue weighted by atomic mass is 16.3. The number of hydrogen-bond donors (Lipinski definition) is 2. The van der Waals surface area contributed by atoms with E-state index in [2.05, 4.69) is 16.4 Å². The summed E-state index contributed by atoms with van der Waals surface area (Å²) in [7, 11) is 0. The van der Waals surface area contributed by atoms with E-state index in [0.717, 1.165) is 27.8 Å². The minimum absolute atomic E-state index is 0.0414. The molecule has 0 saturated heterocycles. The third kappa shape index (κ3) is 3.50. The maximum Gasteiger partial charge on any atom is 0.255 e. The van der Waals surface area contributed by atoms with Crippen molar-refractivity contribution in [1.29, 1.82) is 0 Å². The van der Waals surface area contributed by atoms with Crippen molar-refractivity contribution in [2.75, 3.05) is 6.54 Å². The molecule has 1 aliphatic heterocycles. The Kier molecular flexibility index (Phi) is 4.82. The molecule has 1 unspecified atom stereocenters. The number of benzene rings is 2. The molecule has 5 rings (SSSR count). The van der Waals surface area contributed by atoms with Gasteiger partial charge in [-0.25, -0.2) is 0 Å². The molecular weight excluding hydrogens is 390 g/mol. The standard InChI is InChI=1S/C25H23N3O3/c1-16-10-11-17(31-16)14-27-23(29)12-13-28-24(19-7-2-3-8-20(19)25(28)30)21-15-26-22-9-5-4-6-18(21)22/h2-11,15,24,26H,12-14H2,1H3,(H,27,29). The number of nitrogens with one attached hydrogen (secondary N) is 2. The van der Waals surface area contributed by atoms with Crippen LogP contribution in [0.25, 0.3) is 10.9 Å². The average molecular weight is 413 g/mol. The van der Waals surface area contributed by atoms with Gasteiger partial charge in [-0.2, -0.15) is 0 Å². The van der Waals surface area contributed by atoms with Gasteiger partial charge in [-0.3, -0.25) is 9.59 Å². The van der Waals surface area contributed by atoms with Crippen molar-refractivity contribution in [3.63, 3.8) is 0 Å². The molecule has 4 aromatic rings. The summed E-state index contributed by atoms with van der Waals surface area (Å²) in [5, 5.41) is 3.96. The summed E-state index contributed by atoms with van der Waals surface area (Å²) >= 11 is 0. The Morgan fingerprint density at radius 1 is 1.06 bits per heavy atom. The number of aryl methyl sites for hydroxylation is 1. The van der Waals surface area contributed by atoms with Gasteiger partial charge >= 0.3 is 0 Å². The summed E-state index contributed by atoms with van der Waals surface area (Å²) in [5.41, 5.74) is 3.74. The fraction of sp³-hybridized carbons (Fsp3) is 0.200. The molecule has 2 aromatic carbocycles. The summed E-state index contributed by atoms with van der Waals surface area (Å²) in [6, 6.07) is 19.3. The van der Waals surface area contributed by atoms with Crippen LogP contribution in [0.3, 0.4) is 0 Å². The van der Waals surface area contributed by atoms with Gasteiger partial charge in [0.1, 0.15) is 11.5 Å². The van der Waals surface area contributed by atoms with Crippen molar-refractivity contribution >= 4 is 22.7 Å². The minimum atomic E-state index is -0.222. The second kappa shape index (κ2) is 7.80. The Morgan fingerprint density at radius 3 is 2.71 bits per heavy atom. The van der Waals surface area contributed by atoms with Crippen molar-refractivity contribution in [2.45, 2.75) is 25.9 Å². The maximum atomic E-state index is 13.2. The fourth-order valence-electron chi connectivity index (χ4n) is 4.33. The molecule has 1 atom stereocenters. The Labute approximate surface area is 179 Å². The number of para-hydroxylation sites is 1. The number of furan rings is 1. The molecule has 3 heterocycles. The van der Waals surface area contributed by atoms with E-state index in [1.807, 2.05) is 67.7 Å². The monoisotopic (exact) mass is 413 g/mol. The number of hydrogen-bond acceptors (Lipinski definition) is 3. The molecule has 0 bridgehead atoms. The molecule has 2 amide bonds. The van der Waals surface area contributed by atoms with E-state index in [1.165, 1.54) is 0 Å². The van der Waals surface area contributed by atoms with Gasteiger partial charge in [-0.15, -0.1) is 0 Å². The quantitative estimate of drug-likeness (QED) is 0.494. The average Bonchev–Trinajstić information content (AvgIpc) is 3.47. The van der Waals surface area contributed by atoms with Crippen molar-refractivity contribution < 1.29 is 14.0 Å². The van der Waals surface area contributed by atoms with E-state index < -0.39 is 0 Å². The van der Waals surface area contributed by atoms with E-state index in [-0.39, 0.29) is 24.3 Å². The lowest BCUT2D eigenvalue weighted by Gasteiger charge is -2.25. The molecule has 0 aliphatic carbocycles. The van der Waals surface area contributed by atoms with Crippen molar-refractivity contribution in [3.8, 4) is 0 Å². The molecule has 0 fully saturated rings. The topological polar surface area (TPSA) is 78.3 Å². The van der Waals surface area contributed by atoms with Crippen LogP contribution in [0.5, 0.6) is 0 Å². The number of carbonyl (C=O) groups excluding carboxylic acids is 2. The zero-order valence-electron chi connectivity index (χ0n) is 17.2. The number of aromatic nitrogens is 1. The lowest BCUT2D eigenvalue weighted by molar-refractivity contribution is -0.121. The summed E-state index contributed by atoms with van der Waals surface area (Å²) < 4.78 is 5.50. The van der Waals surface area contributed by atoms with E-state index in [4.69, 9.17) is 4.42 Å².